The summed E-state index contributed by atoms with van der Waals surface area (Å²) in [7, 11) is 5.16. The first kappa shape index (κ1) is 15.3. The summed E-state index contributed by atoms with van der Waals surface area (Å²) in [5.74, 6) is 0. The second kappa shape index (κ2) is 6.10. The van der Waals surface area contributed by atoms with Crippen molar-refractivity contribution >= 4 is 0 Å². The summed E-state index contributed by atoms with van der Waals surface area (Å²) in [4.78, 5) is 25.7. The van der Waals surface area contributed by atoms with Crippen molar-refractivity contribution in [2.24, 2.45) is 14.1 Å². The van der Waals surface area contributed by atoms with Crippen LogP contribution < -0.4 is 11.2 Å². The van der Waals surface area contributed by atoms with Gasteiger partial charge in [-0.1, -0.05) is 29.8 Å². The second-order valence-corrected chi connectivity index (χ2v) is 5.53. The van der Waals surface area contributed by atoms with E-state index in [1.54, 1.807) is 7.05 Å². The second-order valence-electron chi connectivity index (χ2n) is 5.53. The fourth-order valence-corrected chi connectivity index (χ4v) is 2.27. The molecular formula is C16H21N3O2. The minimum Gasteiger partial charge on any atom is -0.299 e. The van der Waals surface area contributed by atoms with Gasteiger partial charge in [-0.2, -0.15) is 0 Å². The molecule has 0 saturated carbocycles. The number of benzene rings is 1. The van der Waals surface area contributed by atoms with E-state index in [1.165, 1.54) is 28.8 Å². The summed E-state index contributed by atoms with van der Waals surface area (Å²) >= 11 is 0. The van der Waals surface area contributed by atoms with E-state index in [1.807, 2.05) is 7.05 Å². The Morgan fingerprint density at radius 1 is 1.00 bits per heavy atom. The molecule has 2 rings (SSSR count). The van der Waals surface area contributed by atoms with Crippen molar-refractivity contribution in [1.29, 1.82) is 0 Å². The van der Waals surface area contributed by atoms with E-state index in [0.717, 1.165) is 16.8 Å². The van der Waals surface area contributed by atoms with Gasteiger partial charge in [0.1, 0.15) is 0 Å². The van der Waals surface area contributed by atoms with Gasteiger partial charge in [-0.3, -0.25) is 18.8 Å². The van der Waals surface area contributed by atoms with Gasteiger partial charge in [0.25, 0.3) is 5.56 Å². The van der Waals surface area contributed by atoms with E-state index < -0.39 is 0 Å². The van der Waals surface area contributed by atoms with Crippen LogP contribution in [0.25, 0.3) is 0 Å². The molecule has 0 bridgehead atoms. The molecule has 0 aliphatic carbocycles. The Labute approximate surface area is 124 Å². The van der Waals surface area contributed by atoms with Gasteiger partial charge in [0.05, 0.1) is 0 Å². The van der Waals surface area contributed by atoms with Crippen molar-refractivity contribution in [1.82, 2.24) is 14.0 Å². The van der Waals surface area contributed by atoms with Crippen molar-refractivity contribution in [2.75, 3.05) is 7.05 Å². The Hall–Kier alpha value is -2.14. The average Bonchev–Trinajstić information content (AvgIpc) is 2.45. The standard InChI is InChI=1S/C16H21N3O2/c1-12-5-7-13(8-6-12)10-17(2)11-14-9-15(20)19(4)16(21)18(14)3/h5-9H,10-11H2,1-4H3. The van der Waals surface area contributed by atoms with Crippen LogP contribution in [0.1, 0.15) is 16.8 Å². The lowest BCUT2D eigenvalue weighted by Gasteiger charge is -2.18. The van der Waals surface area contributed by atoms with E-state index in [4.69, 9.17) is 0 Å². The summed E-state index contributed by atoms with van der Waals surface area (Å²) in [6, 6.07) is 9.87. The van der Waals surface area contributed by atoms with Gasteiger partial charge in [0.15, 0.2) is 0 Å². The molecule has 0 N–H and O–H groups in total. The molecule has 0 unspecified atom stereocenters. The molecule has 0 fully saturated rings. The lowest BCUT2D eigenvalue weighted by Crippen LogP contribution is -2.39. The van der Waals surface area contributed by atoms with E-state index in [2.05, 4.69) is 36.1 Å². The highest BCUT2D eigenvalue weighted by Crippen LogP contribution is 2.07. The number of rotatable bonds is 4. The summed E-state index contributed by atoms with van der Waals surface area (Å²) in [6.07, 6.45) is 0. The molecule has 0 spiro atoms. The molecule has 2 aromatic rings. The third-order valence-electron chi connectivity index (χ3n) is 3.63. The topological polar surface area (TPSA) is 47.2 Å². The van der Waals surface area contributed by atoms with Crippen LogP contribution in [0.3, 0.4) is 0 Å². The lowest BCUT2D eigenvalue weighted by atomic mass is 10.1. The Morgan fingerprint density at radius 2 is 1.62 bits per heavy atom. The van der Waals surface area contributed by atoms with E-state index >= 15 is 0 Å². The molecule has 0 saturated heterocycles. The van der Waals surface area contributed by atoms with Crippen LogP contribution in [0.15, 0.2) is 39.9 Å². The molecule has 0 radical (unpaired) electrons. The number of hydrogen-bond acceptors (Lipinski definition) is 3. The zero-order valence-corrected chi connectivity index (χ0v) is 13.0. The van der Waals surface area contributed by atoms with Crippen LogP contribution >= 0.6 is 0 Å². The highest BCUT2D eigenvalue weighted by molar-refractivity contribution is 5.21. The molecule has 1 aromatic carbocycles. The zero-order chi connectivity index (χ0) is 15.6. The third kappa shape index (κ3) is 3.49. The zero-order valence-electron chi connectivity index (χ0n) is 13.0. The third-order valence-corrected chi connectivity index (χ3v) is 3.63. The number of hydrogen-bond donors (Lipinski definition) is 0. The SMILES string of the molecule is Cc1ccc(CN(C)Cc2cc(=O)n(C)c(=O)n2C)cc1. The Balaban J connectivity index is 2.16. The molecule has 5 nitrogen and oxygen atoms in total. The maximum Gasteiger partial charge on any atom is 0.330 e. The largest absolute Gasteiger partial charge is 0.330 e. The Morgan fingerprint density at radius 3 is 2.24 bits per heavy atom. The van der Waals surface area contributed by atoms with Crippen molar-refractivity contribution in [2.45, 2.75) is 20.0 Å². The van der Waals surface area contributed by atoms with Crippen molar-refractivity contribution in [3.63, 3.8) is 0 Å². The molecule has 21 heavy (non-hydrogen) atoms. The monoisotopic (exact) mass is 287 g/mol. The van der Waals surface area contributed by atoms with Crippen LogP contribution in [-0.2, 0) is 27.2 Å². The van der Waals surface area contributed by atoms with E-state index in [9.17, 15) is 9.59 Å². The summed E-state index contributed by atoms with van der Waals surface area (Å²) in [5, 5.41) is 0. The maximum absolute atomic E-state index is 11.9. The van der Waals surface area contributed by atoms with Gasteiger partial charge in [0, 0.05) is 38.9 Å². The Bertz CT molecular complexity index is 742. The van der Waals surface area contributed by atoms with Crippen LogP contribution in [0.5, 0.6) is 0 Å². The molecule has 112 valence electrons. The highest BCUT2D eigenvalue weighted by atomic mass is 16.2. The fourth-order valence-electron chi connectivity index (χ4n) is 2.27. The van der Waals surface area contributed by atoms with Gasteiger partial charge < -0.3 is 0 Å². The molecular weight excluding hydrogens is 266 g/mol. The van der Waals surface area contributed by atoms with Gasteiger partial charge in [0.2, 0.25) is 0 Å². The first-order valence-electron chi connectivity index (χ1n) is 6.88. The summed E-state index contributed by atoms with van der Waals surface area (Å²) in [5.41, 5.74) is 2.60. The fraction of sp³-hybridized carbons (Fsp3) is 0.375. The molecule has 0 amide bonds. The molecule has 0 aliphatic heterocycles. The van der Waals surface area contributed by atoms with Crippen molar-refractivity contribution < 1.29 is 0 Å². The predicted octanol–water partition coefficient (Wildman–Crippen LogP) is 1.02. The number of aryl methyl sites for hydroxylation is 1. The van der Waals surface area contributed by atoms with Crippen LogP contribution in [0, 0.1) is 6.92 Å². The van der Waals surface area contributed by atoms with Crippen LogP contribution in [-0.4, -0.2) is 21.1 Å². The normalized spacial score (nSPS) is 11.1. The number of aromatic nitrogens is 2. The quantitative estimate of drug-likeness (QED) is 0.843. The van der Waals surface area contributed by atoms with Gasteiger partial charge >= 0.3 is 5.69 Å². The smallest absolute Gasteiger partial charge is 0.299 e. The van der Waals surface area contributed by atoms with Gasteiger partial charge in [-0.25, -0.2) is 4.79 Å². The summed E-state index contributed by atoms with van der Waals surface area (Å²) < 4.78 is 2.64. The minimum atomic E-state index is -0.291. The molecule has 0 aliphatic rings. The molecule has 0 atom stereocenters. The average molecular weight is 287 g/mol. The minimum absolute atomic E-state index is 0.267. The van der Waals surface area contributed by atoms with Gasteiger partial charge in [-0.15, -0.1) is 0 Å². The summed E-state index contributed by atoms with van der Waals surface area (Å²) in [6.45, 7) is 3.38. The highest BCUT2D eigenvalue weighted by Gasteiger charge is 2.08. The number of nitrogens with zero attached hydrogens (tertiary/aromatic N) is 3. The molecule has 5 heteroatoms. The van der Waals surface area contributed by atoms with Crippen molar-refractivity contribution in [3.8, 4) is 0 Å². The predicted molar refractivity (Wildman–Crippen MR) is 83.3 cm³/mol. The van der Waals surface area contributed by atoms with E-state index in [-0.39, 0.29) is 11.2 Å². The lowest BCUT2D eigenvalue weighted by molar-refractivity contribution is 0.308. The maximum atomic E-state index is 11.9. The Kier molecular flexibility index (Phi) is 4.43. The first-order chi connectivity index (χ1) is 9.88. The van der Waals surface area contributed by atoms with Crippen molar-refractivity contribution in [3.05, 3.63) is 68.0 Å². The molecule has 1 heterocycles. The van der Waals surface area contributed by atoms with Gasteiger partial charge in [-0.05, 0) is 19.5 Å². The van der Waals surface area contributed by atoms with Crippen LogP contribution in [0.4, 0.5) is 0 Å². The molecule has 1 aromatic heterocycles. The first-order valence-corrected chi connectivity index (χ1v) is 6.88. The van der Waals surface area contributed by atoms with E-state index in [0.29, 0.717) is 6.54 Å². The van der Waals surface area contributed by atoms with Crippen LogP contribution in [0.2, 0.25) is 0 Å².